The number of nitrogens with one attached hydrogen (secondary N) is 1. The monoisotopic (exact) mass is 274 g/mol. The summed E-state index contributed by atoms with van der Waals surface area (Å²) in [5, 5.41) is 3.53. The molecule has 3 heteroatoms. The molecule has 0 bridgehead atoms. The van der Waals surface area contributed by atoms with Crippen molar-refractivity contribution in [2.24, 2.45) is 5.92 Å². The van der Waals surface area contributed by atoms with Crippen molar-refractivity contribution in [2.75, 3.05) is 0 Å². The zero-order valence-corrected chi connectivity index (χ0v) is 13.0. The molecule has 1 heterocycles. The van der Waals surface area contributed by atoms with E-state index in [0.717, 1.165) is 18.4 Å². The quantitative estimate of drug-likeness (QED) is 0.893. The first-order valence-corrected chi connectivity index (χ1v) is 7.73. The molecule has 3 nitrogen and oxygen atoms in total. The highest BCUT2D eigenvalue weighted by Gasteiger charge is 2.43. The first-order valence-electron chi connectivity index (χ1n) is 7.73. The normalized spacial score (nSPS) is 23.1. The van der Waals surface area contributed by atoms with Crippen LogP contribution in [0.2, 0.25) is 0 Å². The highest BCUT2D eigenvalue weighted by Crippen LogP contribution is 2.30. The molecule has 110 valence electrons. The average molecular weight is 274 g/mol. The second-order valence-corrected chi connectivity index (χ2v) is 5.92. The van der Waals surface area contributed by atoms with E-state index in [1.807, 2.05) is 30.3 Å². The molecule has 0 aromatic heterocycles. The van der Waals surface area contributed by atoms with Gasteiger partial charge in [-0.05, 0) is 24.3 Å². The van der Waals surface area contributed by atoms with Gasteiger partial charge in [0.15, 0.2) is 0 Å². The number of carbonyl (C=O) groups is 1. The molecule has 0 radical (unpaired) electrons. The van der Waals surface area contributed by atoms with Gasteiger partial charge in [0.1, 0.15) is 6.04 Å². The number of nitrogens with zero attached hydrogens (tertiary/aromatic N) is 1. The molecule has 1 amide bonds. The highest BCUT2D eigenvalue weighted by molar-refractivity contribution is 5.86. The van der Waals surface area contributed by atoms with Crippen LogP contribution >= 0.6 is 0 Å². The molecule has 2 atom stereocenters. The summed E-state index contributed by atoms with van der Waals surface area (Å²) in [7, 11) is 0. The van der Waals surface area contributed by atoms with Gasteiger partial charge in [-0.3, -0.25) is 10.1 Å². The van der Waals surface area contributed by atoms with Crippen molar-refractivity contribution < 1.29 is 4.79 Å². The SMILES string of the molecule is CCC(CC)N1C(=O)C(c2ccccc2)NC1C(C)C. The Labute approximate surface area is 122 Å². The smallest absolute Gasteiger partial charge is 0.245 e. The summed E-state index contributed by atoms with van der Waals surface area (Å²) in [5.41, 5.74) is 1.07. The summed E-state index contributed by atoms with van der Waals surface area (Å²) in [6.07, 6.45) is 2.15. The Morgan fingerprint density at radius 1 is 1.15 bits per heavy atom. The lowest BCUT2D eigenvalue weighted by Gasteiger charge is -2.33. The zero-order valence-electron chi connectivity index (χ0n) is 13.0. The number of amides is 1. The van der Waals surface area contributed by atoms with Crippen molar-refractivity contribution in [1.82, 2.24) is 10.2 Å². The van der Waals surface area contributed by atoms with Crippen LogP contribution in [0.1, 0.15) is 52.1 Å². The van der Waals surface area contributed by atoms with Gasteiger partial charge in [-0.1, -0.05) is 58.0 Å². The van der Waals surface area contributed by atoms with E-state index in [9.17, 15) is 4.79 Å². The maximum Gasteiger partial charge on any atom is 0.245 e. The van der Waals surface area contributed by atoms with Gasteiger partial charge in [0.2, 0.25) is 5.91 Å². The average Bonchev–Trinajstić information content (AvgIpc) is 2.80. The molecular formula is C17H26N2O. The molecule has 0 aliphatic carbocycles. The van der Waals surface area contributed by atoms with Gasteiger partial charge in [-0.15, -0.1) is 0 Å². The number of hydrogen-bond acceptors (Lipinski definition) is 2. The fourth-order valence-electron chi connectivity index (χ4n) is 3.10. The molecular weight excluding hydrogens is 248 g/mol. The Morgan fingerprint density at radius 2 is 1.75 bits per heavy atom. The Morgan fingerprint density at radius 3 is 2.25 bits per heavy atom. The maximum atomic E-state index is 12.8. The van der Waals surface area contributed by atoms with E-state index in [0.29, 0.717) is 12.0 Å². The van der Waals surface area contributed by atoms with Crippen molar-refractivity contribution >= 4 is 5.91 Å². The third-order valence-corrected chi connectivity index (χ3v) is 4.24. The van der Waals surface area contributed by atoms with Crippen LogP contribution in [-0.2, 0) is 4.79 Å². The summed E-state index contributed by atoms with van der Waals surface area (Å²) in [4.78, 5) is 14.9. The Bertz CT molecular complexity index is 440. The van der Waals surface area contributed by atoms with Gasteiger partial charge >= 0.3 is 0 Å². The van der Waals surface area contributed by atoms with Gasteiger partial charge in [-0.2, -0.15) is 0 Å². The number of benzene rings is 1. The lowest BCUT2D eigenvalue weighted by molar-refractivity contribution is -0.133. The van der Waals surface area contributed by atoms with Crippen LogP contribution in [0.15, 0.2) is 30.3 Å². The van der Waals surface area contributed by atoms with Crippen LogP contribution in [0.4, 0.5) is 0 Å². The van der Waals surface area contributed by atoms with Gasteiger partial charge in [-0.25, -0.2) is 0 Å². The van der Waals surface area contributed by atoms with E-state index in [1.165, 1.54) is 0 Å². The van der Waals surface area contributed by atoms with Crippen molar-refractivity contribution in [2.45, 2.75) is 58.8 Å². The minimum atomic E-state index is -0.191. The van der Waals surface area contributed by atoms with Crippen molar-refractivity contribution in [3.63, 3.8) is 0 Å². The van der Waals surface area contributed by atoms with Crippen LogP contribution in [0.3, 0.4) is 0 Å². The van der Waals surface area contributed by atoms with Crippen LogP contribution in [0.5, 0.6) is 0 Å². The predicted molar refractivity (Wildman–Crippen MR) is 82.2 cm³/mol. The van der Waals surface area contributed by atoms with E-state index in [4.69, 9.17) is 0 Å². The largest absolute Gasteiger partial charge is 0.322 e. The molecule has 1 N–H and O–H groups in total. The molecule has 20 heavy (non-hydrogen) atoms. The molecule has 1 saturated heterocycles. The zero-order chi connectivity index (χ0) is 14.7. The molecule has 1 aromatic carbocycles. The molecule has 0 saturated carbocycles. The number of carbonyl (C=O) groups excluding carboxylic acids is 1. The third-order valence-electron chi connectivity index (χ3n) is 4.24. The Kier molecular flexibility index (Phi) is 4.81. The lowest BCUT2D eigenvalue weighted by Crippen LogP contribution is -2.46. The molecule has 2 unspecified atom stereocenters. The van der Waals surface area contributed by atoms with E-state index in [2.05, 4.69) is 37.9 Å². The third kappa shape index (κ3) is 2.73. The molecule has 1 aliphatic rings. The summed E-state index contributed by atoms with van der Waals surface area (Å²) in [6, 6.07) is 10.2. The highest BCUT2D eigenvalue weighted by atomic mass is 16.2. The van der Waals surface area contributed by atoms with Crippen LogP contribution in [0, 0.1) is 5.92 Å². The molecule has 2 rings (SSSR count). The van der Waals surface area contributed by atoms with E-state index >= 15 is 0 Å². The molecule has 1 fully saturated rings. The van der Waals surface area contributed by atoms with Crippen LogP contribution in [0.25, 0.3) is 0 Å². The second kappa shape index (κ2) is 6.40. The van der Waals surface area contributed by atoms with Crippen LogP contribution in [-0.4, -0.2) is 23.0 Å². The molecule has 0 spiro atoms. The van der Waals surface area contributed by atoms with Crippen molar-refractivity contribution in [3.05, 3.63) is 35.9 Å². The van der Waals surface area contributed by atoms with Gasteiger partial charge < -0.3 is 4.90 Å². The first-order chi connectivity index (χ1) is 9.60. The number of hydrogen-bond donors (Lipinski definition) is 1. The fraction of sp³-hybridized carbons (Fsp3) is 0.588. The van der Waals surface area contributed by atoms with Gasteiger partial charge in [0.05, 0.1) is 6.17 Å². The first kappa shape index (κ1) is 15.0. The topological polar surface area (TPSA) is 32.3 Å². The summed E-state index contributed by atoms with van der Waals surface area (Å²) in [5.74, 6) is 0.636. The van der Waals surface area contributed by atoms with Gasteiger partial charge in [0.25, 0.3) is 0 Å². The van der Waals surface area contributed by atoms with E-state index in [1.54, 1.807) is 0 Å². The van der Waals surface area contributed by atoms with E-state index in [-0.39, 0.29) is 18.1 Å². The van der Waals surface area contributed by atoms with E-state index < -0.39 is 0 Å². The minimum Gasteiger partial charge on any atom is -0.322 e. The Balaban J connectivity index is 2.30. The second-order valence-electron chi connectivity index (χ2n) is 5.92. The maximum absolute atomic E-state index is 12.8. The summed E-state index contributed by atoms with van der Waals surface area (Å²) in [6.45, 7) is 8.67. The standard InChI is InChI=1S/C17H26N2O/c1-5-14(6-2)19-16(12(3)4)18-15(17(19)20)13-10-8-7-9-11-13/h7-12,14-16,18H,5-6H2,1-4H3. The van der Waals surface area contributed by atoms with Gasteiger partial charge in [0, 0.05) is 6.04 Å². The van der Waals surface area contributed by atoms with Crippen molar-refractivity contribution in [3.8, 4) is 0 Å². The Hall–Kier alpha value is -1.35. The van der Waals surface area contributed by atoms with Crippen molar-refractivity contribution in [1.29, 1.82) is 0 Å². The molecule has 1 aromatic rings. The molecule has 1 aliphatic heterocycles. The van der Waals surface area contributed by atoms with Crippen LogP contribution < -0.4 is 5.32 Å². The fourth-order valence-corrected chi connectivity index (χ4v) is 3.10. The number of rotatable bonds is 5. The minimum absolute atomic E-state index is 0.137. The summed E-state index contributed by atoms with van der Waals surface area (Å²) < 4.78 is 0. The predicted octanol–water partition coefficient (Wildman–Crippen LogP) is 3.33. The lowest BCUT2D eigenvalue weighted by atomic mass is 10.0. The summed E-state index contributed by atoms with van der Waals surface area (Å²) >= 11 is 0.